The highest BCUT2D eigenvalue weighted by molar-refractivity contribution is 7.60. The molecule has 0 atom stereocenters. The molecule has 26 heavy (non-hydrogen) atoms. The third-order valence-electron chi connectivity index (χ3n) is 4.18. The lowest BCUT2D eigenvalue weighted by atomic mass is 9.99. The molecule has 6 nitrogen and oxygen atoms in total. The van der Waals surface area contributed by atoms with Gasteiger partial charge >= 0.3 is 7.60 Å². The topological polar surface area (TPSA) is 96.2 Å². The summed E-state index contributed by atoms with van der Waals surface area (Å²) in [6.45, 7) is 3.73. The Kier molecular flexibility index (Phi) is 5.28. The fourth-order valence-corrected chi connectivity index (χ4v) is 4.34. The highest BCUT2D eigenvalue weighted by Crippen LogP contribution is 2.41. The van der Waals surface area contributed by atoms with Crippen LogP contribution in [0.4, 0.5) is 0 Å². The Labute approximate surface area is 152 Å². The molecule has 3 rings (SSSR count). The summed E-state index contributed by atoms with van der Waals surface area (Å²) >= 11 is 0. The van der Waals surface area contributed by atoms with Gasteiger partial charge in [0, 0.05) is 12.4 Å². The maximum Gasteiger partial charge on any atom is 0.356 e. The van der Waals surface area contributed by atoms with Gasteiger partial charge in [-0.1, -0.05) is 26.0 Å². The maximum atomic E-state index is 12.4. The Morgan fingerprint density at radius 2 is 1.31 bits per heavy atom. The van der Waals surface area contributed by atoms with E-state index in [4.69, 9.17) is 4.98 Å². The first-order valence-corrected chi connectivity index (χ1v) is 10.0. The van der Waals surface area contributed by atoms with Crippen LogP contribution < -0.4 is 5.30 Å². The zero-order valence-corrected chi connectivity index (χ0v) is 15.5. The third-order valence-corrected chi connectivity index (χ3v) is 5.30. The summed E-state index contributed by atoms with van der Waals surface area (Å²) < 4.78 is 12.4. The van der Waals surface area contributed by atoms with Crippen LogP contribution in [0, 0.1) is 0 Å². The minimum atomic E-state index is -4.52. The van der Waals surface area contributed by atoms with E-state index in [-0.39, 0.29) is 5.30 Å². The van der Waals surface area contributed by atoms with Gasteiger partial charge in [0.05, 0.1) is 28.1 Å². The van der Waals surface area contributed by atoms with Gasteiger partial charge in [0.15, 0.2) is 0 Å². The molecule has 0 unspecified atom stereocenters. The number of hydrogen-bond acceptors (Lipinski definition) is 4. The molecular weight excluding hydrogens is 349 g/mol. The molecule has 0 saturated carbocycles. The van der Waals surface area contributed by atoms with Gasteiger partial charge in [0.25, 0.3) is 0 Å². The first-order valence-electron chi connectivity index (χ1n) is 8.42. The van der Waals surface area contributed by atoms with E-state index >= 15 is 0 Å². The standard InChI is InChI=1S/C19H20N3O3P/c1-3-13-17(15-9-5-7-11-20-15)22-18(16-10-6-8-12-21-16)14(4-2)19(13)26(23,24)25/h5-12H,3-4H2,1-2H3,(H2,23,24,25). The van der Waals surface area contributed by atoms with Crippen molar-refractivity contribution in [2.75, 3.05) is 0 Å². The van der Waals surface area contributed by atoms with Crippen LogP contribution in [0.25, 0.3) is 22.8 Å². The Hall–Kier alpha value is -2.40. The van der Waals surface area contributed by atoms with Crippen LogP contribution in [0.15, 0.2) is 48.8 Å². The van der Waals surface area contributed by atoms with Gasteiger partial charge in [-0.05, 0) is 48.2 Å². The molecule has 0 spiro atoms. The average molecular weight is 369 g/mol. The smallest absolute Gasteiger partial charge is 0.321 e. The molecule has 0 radical (unpaired) electrons. The predicted octanol–water partition coefficient (Wildman–Crippen LogP) is 3.13. The minimum Gasteiger partial charge on any atom is -0.321 e. The van der Waals surface area contributed by atoms with Crippen molar-refractivity contribution in [3.05, 3.63) is 59.9 Å². The van der Waals surface area contributed by atoms with E-state index < -0.39 is 7.60 Å². The van der Waals surface area contributed by atoms with E-state index in [1.165, 1.54) is 0 Å². The van der Waals surface area contributed by atoms with E-state index in [2.05, 4.69) is 9.97 Å². The summed E-state index contributed by atoms with van der Waals surface area (Å²) in [6, 6.07) is 10.8. The summed E-state index contributed by atoms with van der Waals surface area (Å²) in [7, 11) is -4.52. The molecule has 7 heteroatoms. The maximum absolute atomic E-state index is 12.4. The molecule has 134 valence electrons. The minimum absolute atomic E-state index is 0.0545. The third kappa shape index (κ3) is 3.44. The summed E-state index contributed by atoms with van der Waals surface area (Å²) in [5.74, 6) is 0. The average Bonchev–Trinajstić information content (AvgIpc) is 2.66. The fraction of sp³-hybridized carbons (Fsp3) is 0.211. The Morgan fingerprint density at radius 3 is 1.62 bits per heavy atom. The number of pyridine rings is 3. The Bertz CT molecular complexity index is 891. The predicted molar refractivity (Wildman–Crippen MR) is 101 cm³/mol. The number of hydrogen-bond donors (Lipinski definition) is 2. The summed E-state index contributed by atoms with van der Waals surface area (Å²) in [5.41, 5.74) is 3.22. The molecule has 0 amide bonds. The summed E-state index contributed by atoms with van der Waals surface area (Å²) in [4.78, 5) is 33.6. The number of aromatic nitrogens is 3. The van der Waals surface area contributed by atoms with Gasteiger partial charge in [-0.15, -0.1) is 0 Å². The van der Waals surface area contributed by atoms with Crippen molar-refractivity contribution in [2.24, 2.45) is 0 Å². The highest BCUT2D eigenvalue weighted by atomic mass is 31.2. The number of rotatable bonds is 5. The molecule has 0 saturated heterocycles. The molecule has 2 N–H and O–H groups in total. The Morgan fingerprint density at radius 1 is 0.846 bits per heavy atom. The first kappa shape index (κ1) is 18.4. The molecule has 0 aliphatic rings. The van der Waals surface area contributed by atoms with E-state index in [0.717, 1.165) is 0 Å². The van der Waals surface area contributed by atoms with Gasteiger partial charge in [0.2, 0.25) is 0 Å². The normalized spacial score (nSPS) is 11.5. The summed E-state index contributed by atoms with van der Waals surface area (Å²) in [6.07, 6.45) is 4.16. The Balaban J connectivity index is 2.45. The second kappa shape index (κ2) is 7.46. The van der Waals surface area contributed by atoms with Gasteiger partial charge < -0.3 is 9.79 Å². The van der Waals surface area contributed by atoms with Gasteiger partial charge in [-0.3, -0.25) is 14.5 Å². The fourth-order valence-electron chi connectivity index (χ4n) is 3.10. The highest BCUT2D eigenvalue weighted by Gasteiger charge is 2.30. The van der Waals surface area contributed by atoms with Gasteiger partial charge in [-0.25, -0.2) is 4.98 Å². The lowest BCUT2D eigenvalue weighted by molar-refractivity contribution is 0.387. The van der Waals surface area contributed by atoms with Crippen LogP contribution in [-0.4, -0.2) is 24.7 Å². The van der Waals surface area contributed by atoms with Crippen molar-refractivity contribution in [2.45, 2.75) is 26.7 Å². The molecule has 3 aromatic rings. The molecule has 0 bridgehead atoms. The largest absolute Gasteiger partial charge is 0.356 e. The first-order chi connectivity index (χ1) is 12.5. The van der Waals surface area contributed by atoms with Crippen LogP contribution in [-0.2, 0) is 17.4 Å². The molecule has 0 aromatic carbocycles. The lowest BCUT2D eigenvalue weighted by Gasteiger charge is -2.20. The second-order valence-corrected chi connectivity index (χ2v) is 7.33. The quantitative estimate of drug-likeness (QED) is 0.671. The van der Waals surface area contributed by atoms with E-state index in [1.807, 2.05) is 26.0 Å². The summed E-state index contributed by atoms with van der Waals surface area (Å²) in [5, 5.41) is 0.0545. The van der Waals surface area contributed by atoms with E-state index in [1.54, 1.807) is 36.7 Å². The van der Waals surface area contributed by atoms with Crippen molar-refractivity contribution in [3.63, 3.8) is 0 Å². The van der Waals surface area contributed by atoms with Crippen LogP contribution in [0.1, 0.15) is 25.0 Å². The van der Waals surface area contributed by atoms with Crippen LogP contribution in [0.2, 0.25) is 0 Å². The van der Waals surface area contributed by atoms with E-state index in [0.29, 0.717) is 46.7 Å². The van der Waals surface area contributed by atoms with Crippen LogP contribution in [0.3, 0.4) is 0 Å². The zero-order valence-electron chi connectivity index (χ0n) is 14.6. The zero-order chi connectivity index (χ0) is 18.7. The molecule has 3 aromatic heterocycles. The SMILES string of the molecule is CCc1c(-c2ccccn2)nc(-c2ccccn2)c(CC)c1P(=O)(O)O. The second-order valence-electron chi connectivity index (χ2n) is 5.80. The van der Waals surface area contributed by atoms with Gasteiger partial charge in [0.1, 0.15) is 0 Å². The molecule has 0 aliphatic heterocycles. The number of nitrogens with zero attached hydrogens (tertiary/aromatic N) is 3. The lowest BCUT2D eigenvalue weighted by Crippen LogP contribution is -2.21. The monoisotopic (exact) mass is 369 g/mol. The molecule has 3 heterocycles. The van der Waals surface area contributed by atoms with Crippen molar-refractivity contribution in [1.29, 1.82) is 0 Å². The van der Waals surface area contributed by atoms with Crippen LogP contribution in [0.5, 0.6) is 0 Å². The molecular formula is C19H20N3O3P. The van der Waals surface area contributed by atoms with E-state index in [9.17, 15) is 14.4 Å². The van der Waals surface area contributed by atoms with Gasteiger partial charge in [-0.2, -0.15) is 0 Å². The molecule has 0 aliphatic carbocycles. The van der Waals surface area contributed by atoms with Crippen molar-refractivity contribution < 1.29 is 14.4 Å². The molecule has 0 fully saturated rings. The van der Waals surface area contributed by atoms with Crippen LogP contribution >= 0.6 is 7.60 Å². The van der Waals surface area contributed by atoms with Crippen molar-refractivity contribution >= 4 is 12.9 Å². The van der Waals surface area contributed by atoms with Crippen molar-refractivity contribution in [1.82, 2.24) is 15.0 Å². The van der Waals surface area contributed by atoms with Crippen molar-refractivity contribution in [3.8, 4) is 22.8 Å².